The molecule has 3 N–H and O–H groups in total. The number of nitrogens with two attached hydrogens (primary N) is 1. The monoisotopic (exact) mass is 242 g/mol. The molecule has 5 heteroatoms. The van der Waals surface area contributed by atoms with E-state index in [1.165, 1.54) is 0 Å². The van der Waals surface area contributed by atoms with Crippen LogP contribution in [0.25, 0.3) is 0 Å². The van der Waals surface area contributed by atoms with Crippen molar-refractivity contribution in [2.45, 2.75) is 19.4 Å². The number of carbonyl (C=O) groups is 1. The first kappa shape index (κ1) is 13.6. The Hall–Kier alpha value is -1.49. The van der Waals surface area contributed by atoms with E-state index < -0.39 is 30.8 Å². The Morgan fingerprint density at radius 1 is 1.35 bits per heavy atom. The summed E-state index contributed by atoms with van der Waals surface area (Å²) < 4.78 is 23.9. The normalized spacial score (nSPS) is 14.4. The molecule has 0 aliphatic heterocycles. The maximum absolute atomic E-state index is 11.9. The van der Waals surface area contributed by atoms with Crippen LogP contribution in [0.3, 0.4) is 0 Å². The van der Waals surface area contributed by atoms with Gasteiger partial charge in [-0.25, -0.2) is 8.78 Å². The maximum atomic E-state index is 11.9. The fraction of sp³-hybridized carbons (Fsp3) is 0.417. The minimum Gasteiger partial charge on any atom is -0.350 e. The predicted molar refractivity (Wildman–Crippen MR) is 61.5 cm³/mol. The molecule has 0 radical (unpaired) electrons. The molecule has 94 valence electrons. The van der Waals surface area contributed by atoms with Gasteiger partial charge in [0.1, 0.15) is 0 Å². The first-order chi connectivity index (χ1) is 8.02. The average molecular weight is 242 g/mol. The maximum Gasteiger partial charge on any atom is 0.255 e. The van der Waals surface area contributed by atoms with E-state index in [-0.39, 0.29) is 0 Å². The van der Waals surface area contributed by atoms with Gasteiger partial charge in [-0.1, -0.05) is 37.3 Å². The van der Waals surface area contributed by atoms with Gasteiger partial charge in [0.25, 0.3) is 6.43 Å². The largest absolute Gasteiger partial charge is 0.350 e. The number of alkyl halides is 2. The van der Waals surface area contributed by atoms with Crippen LogP contribution in [0.15, 0.2) is 30.3 Å². The zero-order valence-corrected chi connectivity index (χ0v) is 9.57. The fourth-order valence-corrected chi connectivity index (χ4v) is 1.47. The third kappa shape index (κ3) is 4.11. The van der Waals surface area contributed by atoms with Gasteiger partial charge >= 0.3 is 0 Å². The number of nitrogens with one attached hydrogen (secondary N) is 1. The van der Waals surface area contributed by atoms with Crippen LogP contribution in [0.4, 0.5) is 8.78 Å². The summed E-state index contributed by atoms with van der Waals surface area (Å²) in [6.07, 6.45) is -2.54. The lowest BCUT2D eigenvalue weighted by Crippen LogP contribution is -2.37. The van der Waals surface area contributed by atoms with Crippen molar-refractivity contribution in [3.05, 3.63) is 35.9 Å². The lowest BCUT2D eigenvalue weighted by molar-refractivity contribution is -0.125. The molecular formula is C12H16F2N2O. The van der Waals surface area contributed by atoms with Crippen molar-refractivity contribution in [2.24, 2.45) is 11.7 Å². The van der Waals surface area contributed by atoms with E-state index in [0.29, 0.717) is 0 Å². The van der Waals surface area contributed by atoms with E-state index >= 15 is 0 Å². The third-order valence-electron chi connectivity index (χ3n) is 2.57. The highest BCUT2D eigenvalue weighted by Crippen LogP contribution is 2.18. The molecular weight excluding hydrogens is 226 g/mol. The Bertz CT molecular complexity index is 357. The van der Waals surface area contributed by atoms with Crippen molar-refractivity contribution in [2.75, 3.05) is 6.54 Å². The molecule has 0 heterocycles. The van der Waals surface area contributed by atoms with Crippen LogP contribution in [0.2, 0.25) is 0 Å². The second-order valence-electron chi connectivity index (χ2n) is 3.86. The lowest BCUT2D eigenvalue weighted by atomic mass is 9.95. The van der Waals surface area contributed by atoms with Crippen LogP contribution in [0, 0.1) is 5.92 Å². The van der Waals surface area contributed by atoms with E-state index in [1.807, 2.05) is 30.3 Å². The molecule has 0 aromatic heterocycles. The molecule has 0 aliphatic carbocycles. The number of carbonyl (C=O) groups excluding carboxylic acids is 1. The average Bonchev–Trinajstić information content (AvgIpc) is 2.35. The van der Waals surface area contributed by atoms with Crippen molar-refractivity contribution in [3.63, 3.8) is 0 Å². The SMILES string of the molecule is CC(C(=O)NCC(F)F)C(N)c1ccccc1. The standard InChI is InChI=1S/C12H16F2N2O/c1-8(12(17)16-7-10(13)14)11(15)9-5-3-2-4-6-9/h2-6,8,10-11H,7,15H2,1H3,(H,16,17). The molecule has 0 spiro atoms. The summed E-state index contributed by atoms with van der Waals surface area (Å²) >= 11 is 0. The number of rotatable bonds is 5. The second kappa shape index (κ2) is 6.30. The van der Waals surface area contributed by atoms with Crippen molar-refractivity contribution >= 4 is 5.91 Å². The Kier molecular flexibility index (Phi) is 5.03. The van der Waals surface area contributed by atoms with Crippen molar-refractivity contribution in [1.82, 2.24) is 5.32 Å². The molecule has 0 aliphatic rings. The van der Waals surface area contributed by atoms with Crippen molar-refractivity contribution in [3.8, 4) is 0 Å². The van der Waals surface area contributed by atoms with Gasteiger partial charge in [0.05, 0.1) is 12.5 Å². The molecule has 1 amide bonds. The second-order valence-corrected chi connectivity index (χ2v) is 3.86. The number of hydrogen-bond acceptors (Lipinski definition) is 2. The van der Waals surface area contributed by atoms with Gasteiger partial charge in [-0.2, -0.15) is 0 Å². The number of benzene rings is 1. The number of hydrogen-bond donors (Lipinski definition) is 2. The molecule has 2 unspecified atom stereocenters. The lowest BCUT2D eigenvalue weighted by Gasteiger charge is -2.19. The molecule has 17 heavy (non-hydrogen) atoms. The van der Waals surface area contributed by atoms with Crippen LogP contribution in [0.1, 0.15) is 18.5 Å². The molecule has 0 bridgehead atoms. The van der Waals surface area contributed by atoms with Crippen LogP contribution >= 0.6 is 0 Å². The van der Waals surface area contributed by atoms with Gasteiger partial charge in [0.15, 0.2) is 0 Å². The van der Waals surface area contributed by atoms with Gasteiger partial charge < -0.3 is 11.1 Å². The Morgan fingerprint density at radius 3 is 2.47 bits per heavy atom. The van der Waals surface area contributed by atoms with Gasteiger partial charge in [-0.15, -0.1) is 0 Å². The van der Waals surface area contributed by atoms with Crippen molar-refractivity contribution in [1.29, 1.82) is 0 Å². The minimum absolute atomic E-state index is 0.457. The summed E-state index contributed by atoms with van der Waals surface area (Å²) in [6.45, 7) is 0.989. The van der Waals surface area contributed by atoms with Crippen molar-refractivity contribution < 1.29 is 13.6 Å². The molecule has 0 saturated heterocycles. The highest BCUT2D eigenvalue weighted by Gasteiger charge is 2.22. The van der Waals surface area contributed by atoms with Gasteiger partial charge in [0, 0.05) is 6.04 Å². The first-order valence-electron chi connectivity index (χ1n) is 5.38. The summed E-state index contributed by atoms with van der Waals surface area (Å²) in [4.78, 5) is 11.5. The Labute approximate surface area is 99.0 Å². The van der Waals surface area contributed by atoms with Crippen LogP contribution in [-0.4, -0.2) is 18.9 Å². The molecule has 2 atom stereocenters. The van der Waals surface area contributed by atoms with E-state index in [2.05, 4.69) is 5.32 Å². The van der Waals surface area contributed by atoms with Crippen LogP contribution in [-0.2, 0) is 4.79 Å². The summed E-state index contributed by atoms with van der Waals surface area (Å²) in [7, 11) is 0. The minimum atomic E-state index is -2.54. The molecule has 3 nitrogen and oxygen atoms in total. The quantitative estimate of drug-likeness (QED) is 0.825. The highest BCUT2D eigenvalue weighted by atomic mass is 19.3. The predicted octanol–water partition coefficient (Wildman–Crippen LogP) is 1.70. The fourth-order valence-electron chi connectivity index (χ4n) is 1.47. The van der Waals surface area contributed by atoms with Crippen LogP contribution < -0.4 is 11.1 Å². The summed E-state index contributed by atoms with van der Waals surface area (Å²) in [5, 5.41) is 2.16. The van der Waals surface area contributed by atoms with Gasteiger partial charge in [0.2, 0.25) is 5.91 Å². The van der Waals surface area contributed by atoms with E-state index in [4.69, 9.17) is 5.73 Å². The molecule has 1 aromatic rings. The third-order valence-corrected chi connectivity index (χ3v) is 2.57. The topological polar surface area (TPSA) is 55.1 Å². The zero-order valence-electron chi connectivity index (χ0n) is 9.57. The summed E-state index contributed by atoms with van der Waals surface area (Å²) in [5.74, 6) is -1.00. The Balaban J connectivity index is 2.57. The molecule has 1 aromatic carbocycles. The van der Waals surface area contributed by atoms with E-state index in [1.54, 1.807) is 6.92 Å². The van der Waals surface area contributed by atoms with E-state index in [0.717, 1.165) is 5.56 Å². The van der Waals surface area contributed by atoms with Gasteiger partial charge in [-0.05, 0) is 5.56 Å². The molecule has 0 fully saturated rings. The molecule has 1 rings (SSSR count). The van der Waals surface area contributed by atoms with Crippen LogP contribution in [0.5, 0.6) is 0 Å². The van der Waals surface area contributed by atoms with E-state index in [9.17, 15) is 13.6 Å². The zero-order chi connectivity index (χ0) is 12.8. The summed E-state index contributed by atoms with van der Waals surface area (Å²) in [5.41, 5.74) is 6.71. The smallest absolute Gasteiger partial charge is 0.255 e. The number of halogens is 2. The first-order valence-corrected chi connectivity index (χ1v) is 5.38. The van der Waals surface area contributed by atoms with Gasteiger partial charge in [-0.3, -0.25) is 4.79 Å². The summed E-state index contributed by atoms with van der Waals surface area (Å²) in [6, 6.07) is 8.60. The highest BCUT2D eigenvalue weighted by molar-refractivity contribution is 5.79. The molecule has 0 saturated carbocycles. The number of amides is 1. The Morgan fingerprint density at radius 2 is 1.94 bits per heavy atom.